The number of sulfonamides is 1. The van der Waals surface area contributed by atoms with Crippen LogP contribution in [0.2, 0.25) is 10.0 Å². The molecule has 2 unspecified atom stereocenters. The summed E-state index contributed by atoms with van der Waals surface area (Å²) in [6.45, 7) is 0. The highest BCUT2D eigenvalue weighted by atomic mass is 35.5. The van der Waals surface area contributed by atoms with Crippen molar-refractivity contribution < 1.29 is 23.0 Å². The number of ether oxygens (including phenoxy) is 2. The zero-order valence-electron chi connectivity index (χ0n) is 20.2. The van der Waals surface area contributed by atoms with Gasteiger partial charge in [-0.2, -0.15) is 14.1 Å². The van der Waals surface area contributed by atoms with Gasteiger partial charge in [-0.3, -0.25) is 9.78 Å². The normalized spacial score (nSPS) is 24.3. The number of benzene rings is 2. The van der Waals surface area contributed by atoms with Gasteiger partial charge in [0.2, 0.25) is 10.0 Å². The van der Waals surface area contributed by atoms with E-state index >= 15 is 0 Å². The number of aromatic amines is 1. The molecule has 14 heteroatoms. The molecule has 3 aromatic rings. The van der Waals surface area contributed by atoms with Crippen LogP contribution in [0, 0.1) is 0 Å². The summed E-state index contributed by atoms with van der Waals surface area (Å²) in [7, 11) is -4.07. The number of H-pyrrole nitrogens is 1. The van der Waals surface area contributed by atoms with Gasteiger partial charge in [0.25, 0.3) is 5.56 Å². The summed E-state index contributed by atoms with van der Waals surface area (Å²) in [6, 6.07) is 6.10. The second-order valence-electron chi connectivity index (χ2n) is 9.83. The highest BCUT2D eigenvalue weighted by molar-refractivity contribution is 7.89. The highest BCUT2D eigenvalue weighted by Gasteiger charge is 2.54. The Hall–Kier alpha value is -3.32. The monoisotopic (exact) mass is 592 g/mol. The number of phenolic OH excluding ortho intramolecular Hbond substituents is 1. The first kappa shape index (κ1) is 25.9. The molecular weight excluding hydrogens is 571 g/mol. The first-order chi connectivity index (χ1) is 18.6. The van der Waals surface area contributed by atoms with Crippen molar-refractivity contribution in [2.45, 2.75) is 54.7 Å². The van der Waals surface area contributed by atoms with E-state index in [9.17, 15) is 23.1 Å². The molecule has 2 atom stereocenters. The van der Waals surface area contributed by atoms with Crippen LogP contribution in [0.15, 0.2) is 63.4 Å². The lowest BCUT2D eigenvalue weighted by atomic mass is 9.85. The minimum absolute atomic E-state index is 0.000499. The minimum atomic E-state index is -4.07. The third-order valence-corrected chi connectivity index (χ3v) is 9.92. The molecular formula is C25H22Cl2N4O7S. The molecule has 1 aromatic heterocycles. The van der Waals surface area contributed by atoms with E-state index in [-0.39, 0.29) is 49.8 Å². The van der Waals surface area contributed by atoms with Crippen LogP contribution in [0.1, 0.15) is 32.1 Å². The van der Waals surface area contributed by atoms with E-state index in [1.807, 2.05) is 6.08 Å². The summed E-state index contributed by atoms with van der Waals surface area (Å²) in [4.78, 5) is 25.2. The van der Waals surface area contributed by atoms with Crippen molar-refractivity contribution >= 4 is 33.2 Å². The second-order valence-corrected chi connectivity index (χ2v) is 12.5. The number of halogens is 2. The van der Waals surface area contributed by atoms with E-state index in [0.717, 1.165) is 30.1 Å². The summed E-state index contributed by atoms with van der Waals surface area (Å²) in [5.41, 5.74) is -1.63. The van der Waals surface area contributed by atoms with Gasteiger partial charge in [-0.15, -0.1) is 0 Å². The van der Waals surface area contributed by atoms with Crippen molar-refractivity contribution in [1.29, 1.82) is 0 Å². The van der Waals surface area contributed by atoms with E-state index in [0.29, 0.717) is 12.8 Å². The largest absolute Gasteiger partial charge is 0.507 e. The van der Waals surface area contributed by atoms with Crippen molar-refractivity contribution in [3.63, 3.8) is 0 Å². The molecule has 11 nitrogen and oxygen atoms in total. The lowest BCUT2D eigenvalue weighted by Crippen LogP contribution is -2.52. The molecule has 0 aliphatic carbocycles. The van der Waals surface area contributed by atoms with Crippen molar-refractivity contribution in [2.24, 2.45) is 0 Å². The zero-order valence-corrected chi connectivity index (χ0v) is 22.5. The summed E-state index contributed by atoms with van der Waals surface area (Å²) in [5.74, 6) is -0.331. The lowest BCUT2D eigenvalue weighted by molar-refractivity contribution is -0.0230. The number of hydrogen-bond donors (Lipinski definition) is 2. The smallest absolute Gasteiger partial charge is 0.349 e. The summed E-state index contributed by atoms with van der Waals surface area (Å²) < 4.78 is 41.7. The number of aromatic nitrogens is 3. The molecule has 2 saturated heterocycles. The number of hydrogen-bond acceptors (Lipinski definition) is 8. The van der Waals surface area contributed by atoms with E-state index in [1.54, 1.807) is 6.26 Å². The first-order valence-electron chi connectivity index (χ1n) is 12.1. The third kappa shape index (κ3) is 4.50. The molecule has 2 N–H and O–H groups in total. The maximum atomic E-state index is 13.8. The first-order valence-corrected chi connectivity index (χ1v) is 14.3. The third-order valence-electron chi connectivity index (χ3n) is 7.32. The van der Waals surface area contributed by atoms with E-state index in [1.165, 1.54) is 34.6 Å². The Morgan fingerprint density at radius 2 is 1.79 bits per heavy atom. The van der Waals surface area contributed by atoms with Crippen LogP contribution < -0.4 is 16.0 Å². The molecule has 0 radical (unpaired) electrons. The van der Waals surface area contributed by atoms with Gasteiger partial charge in [0, 0.05) is 37.4 Å². The molecule has 6 rings (SSSR count). The van der Waals surface area contributed by atoms with Crippen LogP contribution >= 0.6 is 23.2 Å². The molecule has 3 aliphatic rings. The summed E-state index contributed by atoms with van der Waals surface area (Å²) in [6.07, 6.45) is 7.94. The van der Waals surface area contributed by atoms with Crippen LogP contribution in [-0.2, 0) is 14.8 Å². The maximum Gasteiger partial charge on any atom is 0.349 e. The molecule has 39 heavy (non-hydrogen) atoms. The van der Waals surface area contributed by atoms with E-state index in [4.69, 9.17) is 32.7 Å². The quantitative estimate of drug-likeness (QED) is 0.456. The number of nitrogens with one attached hydrogen (secondary N) is 1. The number of rotatable bonds is 5. The number of fused-ring (bicyclic) bond motifs is 2. The fraction of sp³-hybridized carbons (Fsp3) is 0.320. The average molecular weight is 593 g/mol. The second kappa shape index (κ2) is 9.40. The number of piperidine rings is 1. The molecule has 3 aliphatic heterocycles. The Morgan fingerprint density at radius 1 is 1.10 bits per heavy atom. The van der Waals surface area contributed by atoms with E-state index in [2.05, 4.69) is 10.1 Å². The standard InChI is InChI=1S/C25H22Cl2N4O7S/c26-18-8-16(30-24(34)29-22(33)13-28-30)9-19(27)23(18)38-17-4-5-20(32)21(10-17)39(35,36)31-14-2-3-15(31)12-25(11-14)6-1-7-37-25/h1,4-5,7-10,13-15,32H,2-3,6,11-12H2,(H,29,33,34). The number of aromatic hydroxyl groups is 1. The lowest BCUT2D eigenvalue weighted by Gasteiger charge is -2.43. The molecule has 4 heterocycles. The number of nitrogens with zero attached hydrogens (tertiary/aromatic N) is 3. The van der Waals surface area contributed by atoms with Crippen LogP contribution in [0.3, 0.4) is 0 Å². The Morgan fingerprint density at radius 3 is 2.41 bits per heavy atom. The van der Waals surface area contributed by atoms with Crippen LogP contribution in [0.4, 0.5) is 0 Å². The number of phenols is 1. The van der Waals surface area contributed by atoms with Gasteiger partial charge in [0.05, 0.1) is 22.0 Å². The zero-order chi connectivity index (χ0) is 27.5. The van der Waals surface area contributed by atoms with Crippen molar-refractivity contribution in [3.05, 3.63) is 79.8 Å². The molecule has 1 spiro atoms. The Kier molecular flexibility index (Phi) is 6.25. The molecule has 2 bridgehead atoms. The Balaban J connectivity index is 1.30. The van der Waals surface area contributed by atoms with Crippen molar-refractivity contribution in [2.75, 3.05) is 0 Å². The van der Waals surface area contributed by atoms with Gasteiger partial charge in [0.15, 0.2) is 5.75 Å². The van der Waals surface area contributed by atoms with Gasteiger partial charge < -0.3 is 14.6 Å². The Bertz CT molecular complexity index is 1690. The topological polar surface area (TPSA) is 144 Å². The van der Waals surface area contributed by atoms with Crippen molar-refractivity contribution in [1.82, 2.24) is 19.1 Å². The van der Waals surface area contributed by atoms with Gasteiger partial charge in [-0.25, -0.2) is 13.2 Å². The van der Waals surface area contributed by atoms with Gasteiger partial charge in [-0.05, 0) is 43.2 Å². The average Bonchev–Trinajstić information content (AvgIpc) is 3.44. The summed E-state index contributed by atoms with van der Waals surface area (Å²) in [5, 5.41) is 14.3. The predicted octanol–water partition coefficient (Wildman–Crippen LogP) is 3.71. The van der Waals surface area contributed by atoms with Crippen LogP contribution in [0.25, 0.3) is 5.69 Å². The fourth-order valence-electron chi connectivity index (χ4n) is 5.72. The summed E-state index contributed by atoms with van der Waals surface area (Å²) >= 11 is 12.8. The minimum Gasteiger partial charge on any atom is -0.507 e. The molecule has 204 valence electrons. The van der Waals surface area contributed by atoms with Crippen LogP contribution in [0.5, 0.6) is 17.2 Å². The van der Waals surface area contributed by atoms with E-state index < -0.39 is 27.0 Å². The van der Waals surface area contributed by atoms with Gasteiger partial charge in [0.1, 0.15) is 28.2 Å². The van der Waals surface area contributed by atoms with Crippen molar-refractivity contribution in [3.8, 4) is 22.9 Å². The SMILES string of the molecule is O=c1cnn(-c2cc(Cl)c(Oc3ccc(O)c(S(=O)(=O)N4C5CCC4CC4(CC=CO4)C5)c3)c(Cl)c2)c(=O)[nH]1. The Labute approximate surface area is 232 Å². The van der Waals surface area contributed by atoms with Gasteiger partial charge >= 0.3 is 5.69 Å². The predicted molar refractivity (Wildman–Crippen MR) is 141 cm³/mol. The fourth-order valence-corrected chi connectivity index (χ4v) is 8.24. The molecule has 0 amide bonds. The maximum absolute atomic E-state index is 13.8. The highest BCUT2D eigenvalue weighted by Crippen LogP contribution is 2.49. The molecule has 2 fully saturated rings. The van der Waals surface area contributed by atoms with Crippen LogP contribution in [-0.4, -0.2) is 50.3 Å². The molecule has 2 aromatic carbocycles. The van der Waals surface area contributed by atoms with Gasteiger partial charge in [-0.1, -0.05) is 23.2 Å². The molecule has 0 saturated carbocycles.